The largest absolute Gasteiger partial charge is 0.456 e. The van der Waals surface area contributed by atoms with Gasteiger partial charge in [0, 0.05) is 6.61 Å². The molecule has 4 nitrogen and oxygen atoms in total. The number of rotatable bonds is 3. The maximum Gasteiger partial charge on any atom is 0.338 e. The Balaban J connectivity index is 0.00000180. The molecule has 1 aliphatic heterocycles. The molecule has 3 atom stereocenters. The van der Waals surface area contributed by atoms with E-state index in [1.807, 2.05) is 13.0 Å². The van der Waals surface area contributed by atoms with Crippen molar-refractivity contribution >= 4 is 5.97 Å². The second-order valence-electron chi connectivity index (χ2n) is 4.71. The zero-order valence-electron chi connectivity index (χ0n) is 10.4. The molecule has 1 saturated heterocycles. The zero-order valence-corrected chi connectivity index (χ0v) is 10.4. The first kappa shape index (κ1) is 15.7. The summed E-state index contributed by atoms with van der Waals surface area (Å²) in [6, 6.07) is 8.85. The van der Waals surface area contributed by atoms with Gasteiger partial charge in [-0.15, -0.1) is 0 Å². The summed E-state index contributed by atoms with van der Waals surface area (Å²) in [5.41, 5.74) is 0.521. The van der Waals surface area contributed by atoms with Crippen LogP contribution in [-0.4, -0.2) is 36.5 Å². The summed E-state index contributed by atoms with van der Waals surface area (Å²) in [7, 11) is 0. The average molecular weight is 266 g/mol. The van der Waals surface area contributed by atoms with Crippen molar-refractivity contribution < 1.29 is 19.4 Å². The number of benzene rings is 1. The number of hydrogen-bond acceptors (Lipinski definition) is 4. The average Bonchev–Trinajstić information content (AvgIpc) is 2.40. The normalized spacial score (nSPS) is 26.3. The van der Waals surface area contributed by atoms with Crippen molar-refractivity contribution in [2.24, 2.45) is 5.92 Å². The number of ether oxygens (including phenoxy) is 2. The van der Waals surface area contributed by atoms with E-state index in [4.69, 9.17) is 9.47 Å². The quantitative estimate of drug-likeness (QED) is 0.853. The summed E-state index contributed by atoms with van der Waals surface area (Å²) in [5, 5.41) is 9.21. The van der Waals surface area contributed by atoms with Gasteiger partial charge in [-0.2, -0.15) is 0 Å². The van der Waals surface area contributed by atoms with E-state index in [0.717, 1.165) is 6.42 Å². The highest BCUT2D eigenvalue weighted by Crippen LogP contribution is 2.22. The van der Waals surface area contributed by atoms with Crippen LogP contribution in [0.15, 0.2) is 30.3 Å². The summed E-state index contributed by atoms with van der Waals surface area (Å²) in [6.07, 6.45) is -0.0515. The second kappa shape index (κ2) is 7.26. The Morgan fingerprint density at radius 3 is 2.74 bits per heavy atom. The molecule has 19 heavy (non-hydrogen) atoms. The maximum absolute atomic E-state index is 11.9. The van der Waals surface area contributed by atoms with Gasteiger partial charge >= 0.3 is 5.97 Å². The van der Waals surface area contributed by atoms with E-state index in [9.17, 15) is 9.90 Å². The fraction of sp³-hybridized carbons (Fsp3) is 0.533. The van der Waals surface area contributed by atoms with E-state index >= 15 is 0 Å². The molecular weight excluding hydrogens is 244 g/mol. The highest BCUT2D eigenvalue weighted by molar-refractivity contribution is 5.89. The molecule has 0 aromatic heterocycles. The van der Waals surface area contributed by atoms with Gasteiger partial charge in [-0.3, -0.25) is 0 Å². The van der Waals surface area contributed by atoms with E-state index in [1.165, 1.54) is 0 Å². The third-order valence-electron chi connectivity index (χ3n) is 3.09. The van der Waals surface area contributed by atoms with E-state index in [2.05, 4.69) is 0 Å². The lowest BCUT2D eigenvalue weighted by Crippen LogP contribution is -2.42. The van der Waals surface area contributed by atoms with Gasteiger partial charge < -0.3 is 14.6 Å². The predicted octanol–water partition coefficient (Wildman–Crippen LogP) is 2.27. The molecule has 1 N–H and O–H groups in total. The summed E-state index contributed by atoms with van der Waals surface area (Å²) in [6.45, 7) is 2.51. The van der Waals surface area contributed by atoms with Crippen LogP contribution in [0.4, 0.5) is 0 Å². The van der Waals surface area contributed by atoms with Gasteiger partial charge in [0.1, 0.15) is 12.2 Å². The fourth-order valence-electron chi connectivity index (χ4n) is 2.09. The number of carbonyl (C=O) groups is 1. The SMILES string of the molecule is C.CC1COC(CO)[C@@H](OC(=O)c2ccccc2)C1. The molecular formula is C15H22O4. The molecule has 0 radical (unpaired) electrons. The topological polar surface area (TPSA) is 55.8 Å². The van der Waals surface area contributed by atoms with Crippen molar-refractivity contribution in [3.05, 3.63) is 35.9 Å². The fourth-order valence-corrected chi connectivity index (χ4v) is 2.09. The van der Waals surface area contributed by atoms with E-state index < -0.39 is 6.10 Å². The molecule has 106 valence electrons. The van der Waals surface area contributed by atoms with Gasteiger partial charge in [0.2, 0.25) is 0 Å². The minimum absolute atomic E-state index is 0. The number of carbonyl (C=O) groups excluding carboxylic acids is 1. The van der Waals surface area contributed by atoms with Crippen molar-refractivity contribution in [2.75, 3.05) is 13.2 Å². The van der Waals surface area contributed by atoms with Gasteiger partial charge in [0.05, 0.1) is 12.2 Å². The lowest BCUT2D eigenvalue weighted by molar-refractivity contribution is -0.118. The Kier molecular flexibility index (Phi) is 5.99. The van der Waals surface area contributed by atoms with Crippen molar-refractivity contribution in [3.63, 3.8) is 0 Å². The Morgan fingerprint density at radius 1 is 1.42 bits per heavy atom. The number of esters is 1. The Bertz CT molecular complexity index is 390. The molecule has 0 bridgehead atoms. The summed E-state index contributed by atoms with van der Waals surface area (Å²) in [4.78, 5) is 11.9. The molecule has 2 unspecified atom stereocenters. The highest BCUT2D eigenvalue weighted by Gasteiger charge is 2.32. The van der Waals surface area contributed by atoms with Crippen LogP contribution in [0, 0.1) is 5.92 Å². The summed E-state index contributed by atoms with van der Waals surface area (Å²) < 4.78 is 10.9. The molecule has 0 saturated carbocycles. The maximum atomic E-state index is 11.9. The number of aliphatic hydroxyl groups excluding tert-OH is 1. The lowest BCUT2D eigenvalue weighted by Gasteiger charge is -2.33. The van der Waals surface area contributed by atoms with Crippen LogP contribution in [0.3, 0.4) is 0 Å². The molecule has 0 spiro atoms. The molecule has 4 heteroatoms. The van der Waals surface area contributed by atoms with Gasteiger partial charge in [0.25, 0.3) is 0 Å². The van der Waals surface area contributed by atoms with Crippen molar-refractivity contribution in [1.29, 1.82) is 0 Å². The Labute approximate surface area is 114 Å². The molecule has 2 rings (SSSR count). The van der Waals surface area contributed by atoms with Crippen LogP contribution in [0.1, 0.15) is 31.1 Å². The smallest absolute Gasteiger partial charge is 0.338 e. The lowest BCUT2D eigenvalue weighted by atomic mass is 9.97. The van der Waals surface area contributed by atoms with E-state index in [-0.39, 0.29) is 26.1 Å². The molecule has 1 fully saturated rings. The van der Waals surface area contributed by atoms with Crippen LogP contribution in [0.2, 0.25) is 0 Å². The molecule has 0 amide bonds. The monoisotopic (exact) mass is 266 g/mol. The van der Waals surface area contributed by atoms with Gasteiger partial charge in [0.15, 0.2) is 0 Å². The molecule has 1 aromatic rings. The van der Waals surface area contributed by atoms with Crippen molar-refractivity contribution in [2.45, 2.75) is 33.0 Å². The predicted molar refractivity (Wildman–Crippen MR) is 73.0 cm³/mol. The number of hydrogen-bond donors (Lipinski definition) is 1. The molecule has 1 heterocycles. The molecule has 0 aliphatic carbocycles. The highest BCUT2D eigenvalue weighted by atomic mass is 16.6. The number of aliphatic hydroxyl groups is 1. The van der Waals surface area contributed by atoms with Gasteiger partial charge in [-0.1, -0.05) is 32.5 Å². The van der Waals surface area contributed by atoms with Gasteiger partial charge in [-0.25, -0.2) is 4.79 Å². The van der Waals surface area contributed by atoms with E-state index in [0.29, 0.717) is 18.1 Å². The third kappa shape index (κ3) is 4.04. The Hall–Kier alpha value is -1.39. The zero-order chi connectivity index (χ0) is 13.0. The molecule has 1 aliphatic rings. The van der Waals surface area contributed by atoms with Gasteiger partial charge in [-0.05, 0) is 24.5 Å². The van der Waals surface area contributed by atoms with Crippen LogP contribution in [-0.2, 0) is 9.47 Å². The first-order valence-electron chi connectivity index (χ1n) is 6.19. The summed E-state index contributed by atoms with van der Waals surface area (Å²) >= 11 is 0. The van der Waals surface area contributed by atoms with Crippen molar-refractivity contribution in [1.82, 2.24) is 0 Å². The van der Waals surface area contributed by atoms with Crippen LogP contribution >= 0.6 is 0 Å². The van der Waals surface area contributed by atoms with Crippen LogP contribution in [0.25, 0.3) is 0 Å². The minimum Gasteiger partial charge on any atom is -0.456 e. The van der Waals surface area contributed by atoms with Crippen LogP contribution in [0.5, 0.6) is 0 Å². The molecule has 1 aromatic carbocycles. The first-order valence-corrected chi connectivity index (χ1v) is 6.19. The first-order chi connectivity index (χ1) is 8.70. The standard InChI is InChI=1S/C14H18O4.CH4/c1-10-7-12(13(8-15)17-9-10)18-14(16)11-5-3-2-4-6-11;/h2-6,10,12-13,15H,7-9H2,1H3;1H4/t10?,12-,13?;/m0./s1. The third-order valence-corrected chi connectivity index (χ3v) is 3.09. The summed E-state index contributed by atoms with van der Waals surface area (Å²) in [5.74, 6) is -0.0295. The second-order valence-corrected chi connectivity index (χ2v) is 4.71. The van der Waals surface area contributed by atoms with E-state index in [1.54, 1.807) is 24.3 Å². The Morgan fingerprint density at radius 2 is 2.11 bits per heavy atom. The van der Waals surface area contributed by atoms with Crippen molar-refractivity contribution in [3.8, 4) is 0 Å². The van der Waals surface area contributed by atoms with Crippen LogP contribution < -0.4 is 0 Å². The minimum atomic E-state index is -0.408.